The van der Waals surface area contributed by atoms with E-state index in [2.05, 4.69) is 17.0 Å². The normalized spacial score (nSPS) is 18.2. The van der Waals surface area contributed by atoms with Gasteiger partial charge in [0.1, 0.15) is 17.5 Å². The number of hydrogen-bond donors (Lipinski definition) is 3. The summed E-state index contributed by atoms with van der Waals surface area (Å²) in [5.41, 5.74) is 2.58. The maximum absolute atomic E-state index is 13.3. The fourth-order valence-electron chi connectivity index (χ4n) is 4.75. The topological polar surface area (TPSA) is 105 Å². The van der Waals surface area contributed by atoms with Crippen LogP contribution in [0, 0.1) is 0 Å². The van der Waals surface area contributed by atoms with E-state index < -0.39 is 27.8 Å². The van der Waals surface area contributed by atoms with Crippen LogP contribution in [0.2, 0.25) is 0 Å². The van der Waals surface area contributed by atoms with E-state index in [-0.39, 0.29) is 10.8 Å². The summed E-state index contributed by atoms with van der Waals surface area (Å²) < 4.78 is 35.3. The number of fused-ring (bicyclic) bond motifs is 1. The molecule has 0 unspecified atom stereocenters. The van der Waals surface area contributed by atoms with Gasteiger partial charge >= 0.3 is 0 Å². The van der Waals surface area contributed by atoms with Crippen molar-refractivity contribution in [1.82, 2.24) is 4.72 Å². The van der Waals surface area contributed by atoms with Gasteiger partial charge in [0.25, 0.3) is 5.91 Å². The number of aryl methyl sites for hydroxylation is 2. The molecule has 4 rings (SSSR count). The lowest BCUT2D eigenvalue weighted by Crippen LogP contribution is -2.53. The highest BCUT2D eigenvalue weighted by atomic mass is 32.2. The minimum absolute atomic E-state index is 0.102. The molecule has 1 aliphatic heterocycles. The third-order valence-electron chi connectivity index (χ3n) is 7.21. The molecule has 0 aromatic heterocycles. The van der Waals surface area contributed by atoms with Crippen LogP contribution in [0.15, 0.2) is 71.6 Å². The highest BCUT2D eigenvalue weighted by Crippen LogP contribution is 2.41. The van der Waals surface area contributed by atoms with Crippen LogP contribution >= 0.6 is 0 Å². The zero-order chi connectivity index (χ0) is 28.2. The molecule has 3 aromatic rings. The van der Waals surface area contributed by atoms with Gasteiger partial charge in [0.15, 0.2) is 0 Å². The summed E-state index contributed by atoms with van der Waals surface area (Å²) in [5, 5.41) is 14.1. The molecule has 208 valence electrons. The van der Waals surface area contributed by atoms with Gasteiger partial charge in [0, 0.05) is 16.8 Å². The Morgan fingerprint density at radius 3 is 2.26 bits per heavy atom. The van der Waals surface area contributed by atoms with Crippen LogP contribution < -0.4 is 14.8 Å². The van der Waals surface area contributed by atoms with Crippen molar-refractivity contribution in [2.75, 3.05) is 5.32 Å². The van der Waals surface area contributed by atoms with Crippen LogP contribution in [0.25, 0.3) is 0 Å². The molecule has 39 heavy (non-hydrogen) atoms. The number of anilines is 1. The van der Waals surface area contributed by atoms with Crippen LogP contribution in [0.1, 0.15) is 80.0 Å². The number of sulfonamides is 1. The van der Waals surface area contributed by atoms with Gasteiger partial charge in [-0.05, 0) is 86.7 Å². The number of hydrogen-bond acceptors (Lipinski definition) is 5. The summed E-state index contributed by atoms with van der Waals surface area (Å²) in [6, 6.07) is 18.3. The quantitative estimate of drug-likeness (QED) is 0.277. The summed E-state index contributed by atoms with van der Waals surface area (Å²) in [6.45, 7) is 7.57. The van der Waals surface area contributed by atoms with Gasteiger partial charge in [-0.2, -0.15) is 0 Å². The first-order valence-electron chi connectivity index (χ1n) is 13.6. The molecule has 3 N–H and O–H groups in total. The van der Waals surface area contributed by atoms with Crippen LogP contribution in [0.5, 0.6) is 5.75 Å². The fourth-order valence-corrected chi connectivity index (χ4v) is 5.97. The van der Waals surface area contributed by atoms with Gasteiger partial charge in [-0.15, -0.1) is 0 Å². The smallest absolute Gasteiger partial charge is 0.255 e. The molecule has 1 amide bonds. The van der Waals surface area contributed by atoms with Crippen molar-refractivity contribution in [3.63, 3.8) is 0 Å². The van der Waals surface area contributed by atoms with Gasteiger partial charge in [-0.1, -0.05) is 51.0 Å². The fraction of sp³-hybridized carbons (Fsp3) is 0.387. The van der Waals surface area contributed by atoms with E-state index in [0.717, 1.165) is 24.8 Å². The molecule has 0 saturated heterocycles. The number of amides is 1. The van der Waals surface area contributed by atoms with Crippen molar-refractivity contribution in [3.05, 3.63) is 89.0 Å². The predicted octanol–water partition coefficient (Wildman–Crippen LogP) is 5.79. The second-order valence-electron chi connectivity index (χ2n) is 10.6. The Kier molecular flexibility index (Phi) is 8.79. The Hall–Kier alpha value is -3.20. The number of ether oxygens (including phenoxy) is 1. The number of aliphatic hydroxyl groups excluding tert-OH is 1. The standard InChI is InChI=1S/C31H38N2O5S/c1-5-7-8-9-22-10-15-24(16-11-22)32-30(35)23-14-19-27-26(20-23)28(29(34)31(3,4)38-27)33-39(36,37)25-17-12-21(6-2)13-18-25/h10-20,28-29,33-34H,5-9H2,1-4H3,(H,32,35)/t28-,29+/m1/s1. The van der Waals surface area contributed by atoms with Crippen LogP contribution in [0.4, 0.5) is 5.69 Å². The molecule has 0 fully saturated rings. The zero-order valence-electron chi connectivity index (χ0n) is 23.0. The number of carbonyl (C=O) groups excluding carboxylic acids is 1. The van der Waals surface area contributed by atoms with E-state index in [4.69, 9.17) is 4.74 Å². The van der Waals surface area contributed by atoms with E-state index in [1.165, 1.54) is 18.4 Å². The van der Waals surface area contributed by atoms with E-state index >= 15 is 0 Å². The summed E-state index contributed by atoms with van der Waals surface area (Å²) in [5.74, 6) is 0.0694. The summed E-state index contributed by atoms with van der Waals surface area (Å²) in [7, 11) is -3.97. The summed E-state index contributed by atoms with van der Waals surface area (Å²) >= 11 is 0. The lowest BCUT2D eigenvalue weighted by atomic mass is 9.86. The molecule has 8 heteroatoms. The minimum atomic E-state index is -3.97. The Labute approximate surface area is 231 Å². The molecule has 0 bridgehead atoms. The summed E-state index contributed by atoms with van der Waals surface area (Å²) in [4.78, 5) is 13.2. The highest BCUT2D eigenvalue weighted by Gasteiger charge is 2.44. The molecule has 7 nitrogen and oxygen atoms in total. The van der Waals surface area contributed by atoms with E-state index in [0.29, 0.717) is 22.6 Å². The average Bonchev–Trinajstić information content (AvgIpc) is 2.92. The second kappa shape index (κ2) is 11.9. The molecule has 0 saturated carbocycles. The molecule has 0 radical (unpaired) electrons. The first-order valence-corrected chi connectivity index (χ1v) is 15.0. The Morgan fingerprint density at radius 1 is 0.949 bits per heavy atom. The number of aliphatic hydroxyl groups is 1. The van der Waals surface area contributed by atoms with Gasteiger partial charge < -0.3 is 15.2 Å². The molecule has 0 aliphatic carbocycles. The highest BCUT2D eigenvalue weighted by molar-refractivity contribution is 7.89. The van der Waals surface area contributed by atoms with Gasteiger partial charge in [-0.3, -0.25) is 4.79 Å². The first-order chi connectivity index (χ1) is 18.5. The van der Waals surface area contributed by atoms with E-state index in [1.807, 2.05) is 31.2 Å². The SMILES string of the molecule is CCCCCc1ccc(NC(=O)c2ccc3c(c2)[C@@H](NS(=O)(=O)c2ccc(CC)cc2)[C@H](O)C(C)(C)O3)cc1. The maximum atomic E-state index is 13.3. The maximum Gasteiger partial charge on any atom is 0.255 e. The van der Waals surface area contributed by atoms with Crippen molar-refractivity contribution >= 4 is 21.6 Å². The van der Waals surface area contributed by atoms with Gasteiger partial charge in [-0.25, -0.2) is 13.1 Å². The molecule has 2 atom stereocenters. The lowest BCUT2D eigenvalue weighted by Gasteiger charge is -2.42. The van der Waals surface area contributed by atoms with Crippen LogP contribution in [0.3, 0.4) is 0 Å². The van der Waals surface area contributed by atoms with E-state index in [9.17, 15) is 18.3 Å². The zero-order valence-corrected chi connectivity index (χ0v) is 23.8. The third-order valence-corrected chi connectivity index (χ3v) is 8.67. The van der Waals surface area contributed by atoms with Crippen molar-refractivity contribution < 1.29 is 23.1 Å². The monoisotopic (exact) mass is 550 g/mol. The second-order valence-corrected chi connectivity index (χ2v) is 12.3. The van der Waals surface area contributed by atoms with Crippen molar-refractivity contribution in [3.8, 4) is 5.75 Å². The Bertz CT molecular complexity index is 1400. The van der Waals surface area contributed by atoms with Crippen molar-refractivity contribution in [2.24, 2.45) is 0 Å². The first kappa shape index (κ1) is 28.8. The minimum Gasteiger partial charge on any atom is -0.485 e. The average molecular weight is 551 g/mol. The predicted molar refractivity (Wildman–Crippen MR) is 154 cm³/mol. The molecule has 3 aromatic carbocycles. The van der Waals surface area contributed by atoms with Crippen molar-refractivity contribution in [1.29, 1.82) is 0 Å². The molecular formula is C31H38N2O5S. The van der Waals surface area contributed by atoms with Gasteiger partial charge in [0.05, 0.1) is 10.9 Å². The van der Waals surface area contributed by atoms with E-state index in [1.54, 1.807) is 56.3 Å². The third kappa shape index (κ3) is 6.69. The number of unbranched alkanes of at least 4 members (excludes halogenated alkanes) is 2. The Balaban J connectivity index is 1.57. The molecular weight excluding hydrogens is 512 g/mol. The molecule has 1 heterocycles. The number of carbonyl (C=O) groups is 1. The van der Waals surface area contributed by atoms with Crippen molar-refractivity contribution in [2.45, 2.75) is 82.4 Å². The number of rotatable bonds is 10. The van der Waals surface area contributed by atoms with Crippen LogP contribution in [-0.4, -0.2) is 31.1 Å². The Morgan fingerprint density at radius 2 is 1.62 bits per heavy atom. The molecule has 0 spiro atoms. The largest absolute Gasteiger partial charge is 0.485 e. The lowest BCUT2D eigenvalue weighted by molar-refractivity contribution is -0.0603. The van der Waals surface area contributed by atoms with Crippen LogP contribution in [-0.2, 0) is 22.9 Å². The summed E-state index contributed by atoms with van der Waals surface area (Å²) in [6.07, 6.45) is 4.09. The van der Waals surface area contributed by atoms with Gasteiger partial charge in [0.2, 0.25) is 10.0 Å². The number of benzene rings is 3. The molecule has 1 aliphatic rings. The number of nitrogens with one attached hydrogen (secondary N) is 2.